The SMILES string of the molecule is CCOc1ccc(NC(=O)c2cnn3c2NC(c2cccc(OC)c2)=CC3c2ccccc2)cc1. The van der Waals surface area contributed by atoms with Crippen LogP contribution >= 0.6 is 0 Å². The van der Waals surface area contributed by atoms with E-state index in [1.54, 1.807) is 13.3 Å². The van der Waals surface area contributed by atoms with E-state index >= 15 is 0 Å². The number of nitrogens with zero attached hydrogens (tertiary/aromatic N) is 2. The molecule has 7 heteroatoms. The molecule has 0 radical (unpaired) electrons. The topological polar surface area (TPSA) is 77.4 Å². The van der Waals surface area contributed by atoms with Crippen LogP contribution in [0.5, 0.6) is 11.5 Å². The van der Waals surface area contributed by atoms with Gasteiger partial charge in [0.2, 0.25) is 0 Å². The van der Waals surface area contributed by atoms with Gasteiger partial charge < -0.3 is 20.1 Å². The Morgan fingerprint density at radius 2 is 1.83 bits per heavy atom. The number of ether oxygens (including phenoxy) is 2. The van der Waals surface area contributed by atoms with Crippen molar-refractivity contribution in [2.75, 3.05) is 24.4 Å². The second-order valence-electron chi connectivity index (χ2n) is 8.06. The van der Waals surface area contributed by atoms with Gasteiger partial charge in [-0.05, 0) is 55.0 Å². The predicted molar refractivity (Wildman–Crippen MR) is 137 cm³/mol. The summed E-state index contributed by atoms with van der Waals surface area (Å²) in [6.07, 6.45) is 3.71. The zero-order chi connectivity index (χ0) is 24.2. The highest BCUT2D eigenvalue weighted by atomic mass is 16.5. The predicted octanol–water partition coefficient (Wildman–Crippen LogP) is 5.60. The van der Waals surface area contributed by atoms with Crippen molar-refractivity contribution in [3.63, 3.8) is 0 Å². The number of methoxy groups -OCH3 is 1. The van der Waals surface area contributed by atoms with Gasteiger partial charge in [0.1, 0.15) is 22.9 Å². The lowest BCUT2D eigenvalue weighted by molar-refractivity contribution is 0.102. The Labute approximate surface area is 204 Å². The molecule has 1 amide bonds. The molecule has 1 aliphatic heterocycles. The van der Waals surface area contributed by atoms with Gasteiger partial charge in [-0.3, -0.25) is 4.79 Å². The van der Waals surface area contributed by atoms with E-state index in [2.05, 4.69) is 33.9 Å². The van der Waals surface area contributed by atoms with Crippen molar-refractivity contribution >= 4 is 23.1 Å². The lowest BCUT2D eigenvalue weighted by Crippen LogP contribution is -2.22. The molecular formula is C28H26N4O3. The van der Waals surface area contributed by atoms with Crippen molar-refractivity contribution in [3.8, 4) is 11.5 Å². The minimum atomic E-state index is -0.249. The number of benzene rings is 3. The number of amides is 1. The van der Waals surface area contributed by atoms with Gasteiger partial charge in [0.25, 0.3) is 5.91 Å². The van der Waals surface area contributed by atoms with Gasteiger partial charge in [0.05, 0.1) is 26.0 Å². The monoisotopic (exact) mass is 466 g/mol. The first kappa shape index (κ1) is 22.3. The van der Waals surface area contributed by atoms with Gasteiger partial charge in [-0.15, -0.1) is 0 Å². The number of hydrogen-bond donors (Lipinski definition) is 2. The van der Waals surface area contributed by atoms with Crippen molar-refractivity contribution in [3.05, 3.63) is 108 Å². The van der Waals surface area contributed by atoms with Crippen molar-refractivity contribution in [1.82, 2.24) is 9.78 Å². The average Bonchev–Trinajstić information content (AvgIpc) is 3.34. The molecule has 3 aromatic carbocycles. The van der Waals surface area contributed by atoms with Crippen molar-refractivity contribution in [2.45, 2.75) is 13.0 Å². The number of aromatic nitrogens is 2. The summed E-state index contributed by atoms with van der Waals surface area (Å²) in [5.74, 6) is 1.90. The molecule has 1 aliphatic rings. The average molecular weight is 467 g/mol. The zero-order valence-electron chi connectivity index (χ0n) is 19.6. The maximum absolute atomic E-state index is 13.3. The van der Waals surface area contributed by atoms with Crippen molar-refractivity contribution < 1.29 is 14.3 Å². The first-order chi connectivity index (χ1) is 17.2. The fourth-order valence-corrected chi connectivity index (χ4v) is 4.11. The van der Waals surface area contributed by atoms with Gasteiger partial charge >= 0.3 is 0 Å². The van der Waals surface area contributed by atoms with Gasteiger partial charge in [-0.2, -0.15) is 5.10 Å². The quantitative estimate of drug-likeness (QED) is 0.371. The summed E-state index contributed by atoms with van der Waals surface area (Å²) in [5, 5.41) is 11.0. The molecule has 1 unspecified atom stereocenters. The van der Waals surface area contributed by atoms with Crippen LogP contribution in [0.25, 0.3) is 5.70 Å². The molecular weight excluding hydrogens is 440 g/mol. The van der Waals surface area contributed by atoms with E-state index < -0.39 is 0 Å². The van der Waals surface area contributed by atoms with E-state index in [0.717, 1.165) is 28.3 Å². The van der Waals surface area contributed by atoms with Crippen molar-refractivity contribution in [2.24, 2.45) is 0 Å². The molecule has 0 saturated heterocycles. The Balaban J connectivity index is 1.49. The first-order valence-electron chi connectivity index (χ1n) is 11.5. The van der Waals surface area contributed by atoms with E-state index in [1.165, 1.54) is 0 Å². The Hall–Kier alpha value is -4.52. The van der Waals surface area contributed by atoms with Crippen LogP contribution in [0, 0.1) is 0 Å². The molecule has 0 fully saturated rings. The second kappa shape index (κ2) is 9.77. The highest BCUT2D eigenvalue weighted by Crippen LogP contribution is 2.36. The number of fused-ring (bicyclic) bond motifs is 1. The molecule has 7 nitrogen and oxygen atoms in total. The summed E-state index contributed by atoms with van der Waals surface area (Å²) in [4.78, 5) is 13.3. The number of carbonyl (C=O) groups excluding carboxylic acids is 1. The second-order valence-corrected chi connectivity index (χ2v) is 8.06. The Morgan fingerprint density at radius 3 is 2.57 bits per heavy atom. The third-order valence-electron chi connectivity index (χ3n) is 5.83. The molecule has 2 N–H and O–H groups in total. The number of nitrogens with one attached hydrogen (secondary N) is 2. The molecule has 35 heavy (non-hydrogen) atoms. The summed E-state index contributed by atoms with van der Waals surface area (Å²) < 4.78 is 12.7. The molecule has 4 aromatic rings. The molecule has 1 aromatic heterocycles. The van der Waals surface area contributed by atoms with E-state index in [4.69, 9.17) is 9.47 Å². The molecule has 0 spiro atoms. The molecule has 2 heterocycles. The van der Waals surface area contributed by atoms with Gasteiger partial charge in [0.15, 0.2) is 0 Å². The summed E-state index contributed by atoms with van der Waals surface area (Å²) in [6, 6.07) is 25.0. The maximum Gasteiger partial charge on any atom is 0.261 e. The lowest BCUT2D eigenvalue weighted by Gasteiger charge is -2.26. The summed E-state index contributed by atoms with van der Waals surface area (Å²) >= 11 is 0. The number of anilines is 2. The normalized spacial score (nSPS) is 14.3. The smallest absolute Gasteiger partial charge is 0.261 e. The summed E-state index contributed by atoms with van der Waals surface area (Å²) in [5.41, 5.74) is 4.03. The number of hydrogen-bond acceptors (Lipinski definition) is 5. The maximum atomic E-state index is 13.3. The number of carbonyl (C=O) groups is 1. The number of rotatable bonds is 7. The lowest BCUT2D eigenvalue weighted by atomic mass is 10.0. The third-order valence-corrected chi connectivity index (χ3v) is 5.83. The van der Waals surface area contributed by atoms with Crippen molar-refractivity contribution in [1.29, 1.82) is 0 Å². The van der Waals surface area contributed by atoms with E-state index in [-0.39, 0.29) is 11.9 Å². The summed E-state index contributed by atoms with van der Waals surface area (Å²) in [7, 11) is 1.65. The minimum Gasteiger partial charge on any atom is -0.497 e. The Bertz CT molecular complexity index is 1360. The molecule has 0 bridgehead atoms. The van der Waals surface area contributed by atoms with Gasteiger partial charge in [0, 0.05) is 16.9 Å². The highest BCUT2D eigenvalue weighted by molar-refractivity contribution is 6.08. The highest BCUT2D eigenvalue weighted by Gasteiger charge is 2.28. The molecule has 5 rings (SSSR count). The largest absolute Gasteiger partial charge is 0.497 e. The number of allylic oxidation sites excluding steroid dienone is 1. The molecule has 0 saturated carbocycles. The van der Waals surface area contributed by atoms with Crippen LogP contribution in [0.1, 0.15) is 34.5 Å². The zero-order valence-corrected chi connectivity index (χ0v) is 19.6. The first-order valence-corrected chi connectivity index (χ1v) is 11.5. The Kier molecular flexibility index (Phi) is 6.22. The Morgan fingerprint density at radius 1 is 1.03 bits per heavy atom. The fraction of sp³-hybridized carbons (Fsp3) is 0.143. The van der Waals surface area contributed by atoms with E-state index in [9.17, 15) is 4.79 Å². The van der Waals surface area contributed by atoms with Crippen LogP contribution in [0.15, 0.2) is 91.1 Å². The molecule has 176 valence electrons. The van der Waals surface area contributed by atoms with Crippen LogP contribution in [0.3, 0.4) is 0 Å². The van der Waals surface area contributed by atoms with E-state index in [0.29, 0.717) is 23.7 Å². The molecule has 1 atom stereocenters. The van der Waals surface area contributed by atoms with Crippen LogP contribution in [0.4, 0.5) is 11.5 Å². The minimum absolute atomic E-state index is 0.180. The third kappa shape index (κ3) is 4.61. The van der Waals surface area contributed by atoms with Gasteiger partial charge in [-0.1, -0.05) is 42.5 Å². The molecule has 0 aliphatic carbocycles. The van der Waals surface area contributed by atoms with Crippen LogP contribution in [0.2, 0.25) is 0 Å². The standard InChI is InChI=1S/C28H26N4O3/c1-3-35-22-14-12-21(13-15-22)30-28(33)24-18-29-32-26(19-8-5-4-6-9-19)17-25(31-27(24)32)20-10-7-11-23(16-20)34-2/h4-18,26,31H,3H2,1-2H3,(H,30,33). The fourth-order valence-electron chi connectivity index (χ4n) is 4.11. The van der Waals surface area contributed by atoms with E-state index in [1.807, 2.05) is 78.3 Å². The van der Waals surface area contributed by atoms with Crippen LogP contribution in [-0.4, -0.2) is 29.4 Å². The van der Waals surface area contributed by atoms with Gasteiger partial charge in [-0.25, -0.2) is 4.68 Å². The van der Waals surface area contributed by atoms with Crippen LogP contribution in [-0.2, 0) is 0 Å². The summed E-state index contributed by atoms with van der Waals surface area (Å²) in [6.45, 7) is 2.52. The van der Waals surface area contributed by atoms with Crippen LogP contribution < -0.4 is 20.1 Å².